The van der Waals surface area contributed by atoms with E-state index in [0.717, 1.165) is 11.1 Å². The highest BCUT2D eigenvalue weighted by molar-refractivity contribution is 5.88. The summed E-state index contributed by atoms with van der Waals surface area (Å²) < 4.78 is 10.1. The van der Waals surface area contributed by atoms with E-state index in [1.54, 1.807) is 19.9 Å². The number of carbonyl (C=O) groups is 2. The van der Waals surface area contributed by atoms with Gasteiger partial charge in [-0.3, -0.25) is 0 Å². The summed E-state index contributed by atoms with van der Waals surface area (Å²) in [6.45, 7) is 9.64. The van der Waals surface area contributed by atoms with Gasteiger partial charge in [0.15, 0.2) is 0 Å². The molecule has 0 spiro atoms. The zero-order valence-electron chi connectivity index (χ0n) is 14.8. The van der Waals surface area contributed by atoms with Crippen LogP contribution in [0.2, 0.25) is 0 Å². The van der Waals surface area contributed by atoms with Gasteiger partial charge >= 0.3 is 11.9 Å². The first-order valence-corrected chi connectivity index (χ1v) is 7.79. The number of ether oxygens (including phenoxy) is 2. The molecule has 1 aliphatic carbocycles. The predicted molar refractivity (Wildman–Crippen MR) is 90.7 cm³/mol. The quantitative estimate of drug-likeness (QED) is 0.440. The van der Waals surface area contributed by atoms with E-state index in [0.29, 0.717) is 11.1 Å². The lowest BCUT2D eigenvalue weighted by molar-refractivity contribution is -0.138. The largest absolute Gasteiger partial charge is 0.466 e. The van der Waals surface area contributed by atoms with Crippen molar-refractivity contribution < 1.29 is 19.1 Å². The van der Waals surface area contributed by atoms with Gasteiger partial charge < -0.3 is 9.47 Å². The van der Waals surface area contributed by atoms with E-state index in [9.17, 15) is 9.59 Å². The third-order valence-corrected chi connectivity index (χ3v) is 4.00. The van der Waals surface area contributed by atoms with Crippen LogP contribution in [0.3, 0.4) is 0 Å². The molecule has 0 heterocycles. The Labute approximate surface area is 138 Å². The van der Waals surface area contributed by atoms with Crippen molar-refractivity contribution in [2.24, 2.45) is 11.8 Å². The first-order chi connectivity index (χ1) is 10.8. The fourth-order valence-electron chi connectivity index (χ4n) is 2.39. The SMILES string of the molecule is C/C=C(\C)C(=O)OCC1=CC(C)C=C(/C=C(\C)C(=O)OC)C1C. The second kappa shape index (κ2) is 8.51. The molecule has 0 aliphatic heterocycles. The summed E-state index contributed by atoms with van der Waals surface area (Å²) in [4.78, 5) is 23.4. The Morgan fingerprint density at radius 1 is 1.13 bits per heavy atom. The average molecular weight is 318 g/mol. The van der Waals surface area contributed by atoms with Crippen LogP contribution in [0.1, 0.15) is 34.6 Å². The van der Waals surface area contributed by atoms with Crippen LogP contribution in [0.15, 0.2) is 46.6 Å². The van der Waals surface area contributed by atoms with Crippen LogP contribution in [0.5, 0.6) is 0 Å². The highest BCUT2D eigenvalue weighted by Crippen LogP contribution is 2.30. The van der Waals surface area contributed by atoms with Gasteiger partial charge in [0.05, 0.1) is 7.11 Å². The lowest BCUT2D eigenvalue weighted by atomic mass is 9.83. The van der Waals surface area contributed by atoms with Crippen LogP contribution in [-0.4, -0.2) is 25.7 Å². The maximum Gasteiger partial charge on any atom is 0.333 e. The fourth-order valence-corrected chi connectivity index (χ4v) is 2.39. The Balaban J connectivity index is 2.86. The van der Waals surface area contributed by atoms with Gasteiger partial charge in [-0.05, 0) is 43.9 Å². The molecule has 1 rings (SSSR count). The summed E-state index contributed by atoms with van der Waals surface area (Å²) in [5.41, 5.74) is 3.23. The van der Waals surface area contributed by atoms with Gasteiger partial charge in [0.1, 0.15) is 6.61 Å². The molecule has 2 atom stereocenters. The highest BCUT2D eigenvalue weighted by Gasteiger charge is 2.21. The second-order valence-corrected chi connectivity index (χ2v) is 5.86. The van der Waals surface area contributed by atoms with Gasteiger partial charge in [-0.2, -0.15) is 0 Å². The van der Waals surface area contributed by atoms with E-state index >= 15 is 0 Å². The fraction of sp³-hybridized carbons (Fsp3) is 0.474. The standard InChI is InChI=1S/C19H26O4/c1-7-13(3)19(21)23-11-17-9-12(2)8-16(15(17)5)10-14(4)18(20)22-6/h7-10,12,15H,11H2,1-6H3/b13-7+,14-10+. The molecule has 0 aromatic heterocycles. The van der Waals surface area contributed by atoms with Crippen LogP contribution in [0, 0.1) is 11.8 Å². The molecule has 0 saturated carbocycles. The van der Waals surface area contributed by atoms with E-state index in [-0.39, 0.29) is 30.4 Å². The van der Waals surface area contributed by atoms with Crippen LogP contribution in [0.25, 0.3) is 0 Å². The van der Waals surface area contributed by atoms with Gasteiger partial charge in [-0.1, -0.05) is 32.1 Å². The summed E-state index contributed by atoms with van der Waals surface area (Å²) in [5.74, 6) is -0.327. The van der Waals surface area contributed by atoms with E-state index in [1.807, 2.05) is 19.9 Å². The normalized spacial score (nSPS) is 22.2. The Morgan fingerprint density at radius 2 is 1.78 bits per heavy atom. The number of allylic oxidation sites excluding steroid dienone is 5. The van der Waals surface area contributed by atoms with E-state index in [2.05, 4.69) is 19.1 Å². The Hall–Kier alpha value is -2.10. The minimum Gasteiger partial charge on any atom is -0.466 e. The van der Waals surface area contributed by atoms with E-state index in [4.69, 9.17) is 9.47 Å². The zero-order valence-corrected chi connectivity index (χ0v) is 14.8. The summed E-state index contributed by atoms with van der Waals surface area (Å²) in [5, 5.41) is 0. The number of hydrogen-bond acceptors (Lipinski definition) is 4. The monoisotopic (exact) mass is 318 g/mol. The molecule has 0 aromatic rings. The van der Waals surface area contributed by atoms with Gasteiger partial charge in [-0.15, -0.1) is 0 Å². The third-order valence-electron chi connectivity index (χ3n) is 4.00. The van der Waals surface area contributed by atoms with Crippen molar-refractivity contribution in [1.29, 1.82) is 0 Å². The molecule has 0 aromatic carbocycles. The summed E-state index contributed by atoms with van der Waals surface area (Å²) in [6.07, 6.45) is 7.80. The molecular formula is C19H26O4. The maximum atomic E-state index is 11.8. The lowest BCUT2D eigenvalue weighted by Crippen LogP contribution is -2.17. The minimum atomic E-state index is -0.336. The lowest BCUT2D eigenvalue weighted by Gasteiger charge is -2.24. The topological polar surface area (TPSA) is 52.6 Å². The summed E-state index contributed by atoms with van der Waals surface area (Å²) in [6, 6.07) is 0. The smallest absolute Gasteiger partial charge is 0.333 e. The second-order valence-electron chi connectivity index (χ2n) is 5.86. The predicted octanol–water partition coefficient (Wildman–Crippen LogP) is 3.75. The Kier molecular flexibility index (Phi) is 7.01. The Bertz CT molecular complexity index is 590. The van der Waals surface area contributed by atoms with Gasteiger partial charge in [0.2, 0.25) is 0 Å². The summed E-state index contributed by atoms with van der Waals surface area (Å²) in [7, 11) is 1.37. The molecule has 0 bridgehead atoms. The zero-order chi connectivity index (χ0) is 17.6. The molecule has 0 fully saturated rings. The molecule has 0 N–H and O–H groups in total. The van der Waals surface area contributed by atoms with Crippen molar-refractivity contribution in [3.05, 3.63) is 46.6 Å². The van der Waals surface area contributed by atoms with E-state index in [1.165, 1.54) is 7.11 Å². The number of esters is 2. The van der Waals surface area contributed by atoms with E-state index < -0.39 is 0 Å². The molecule has 2 unspecified atom stereocenters. The van der Waals surface area contributed by atoms with Gasteiger partial charge in [-0.25, -0.2) is 9.59 Å². The summed E-state index contributed by atoms with van der Waals surface area (Å²) >= 11 is 0. The van der Waals surface area contributed by atoms with Crippen molar-refractivity contribution in [2.75, 3.05) is 13.7 Å². The molecular weight excluding hydrogens is 292 g/mol. The number of carbonyl (C=O) groups excluding carboxylic acids is 2. The van der Waals surface area contributed by atoms with Crippen molar-refractivity contribution in [3.63, 3.8) is 0 Å². The molecule has 1 aliphatic rings. The highest BCUT2D eigenvalue weighted by atomic mass is 16.5. The molecule has 126 valence electrons. The molecule has 4 nitrogen and oxygen atoms in total. The maximum absolute atomic E-state index is 11.8. The van der Waals surface area contributed by atoms with Gasteiger partial charge in [0.25, 0.3) is 0 Å². The van der Waals surface area contributed by atoms with Gasteiger partial charge in [0, 0.05) is 17.1 Å². The van der Waals surface area contributed by atoms with Crippen LogP contribution in [-0.2, 0) is 19.1 Å². The number of rotatable bonds is 5. The first-order valence-electron chi connectivity index (χ1n) is 7.79. The molecule has 23 heavy (non-hydrogen) atoms. The van der Waals surface area contributed by atoms with Crippen molar-refractivity contribution in [2.45, 2.75) is 34.6 Å². The van der Waals surface area contributed by atoms with Crippen molar-refractivity contribution in [1.82, 2.24) is 0 Å². The minimum absolute atomic E-state index is 0.0875. The van der Waals surface area contributed by atoms with Crippen LogP contribution in [0.4, 0.5) is 0 Å². The van der Waals surface area contributed by atoms with Crippen molar-refractivity contribution in [3.8, 4) is 0 Å². The Morgan fingerprint density at radius 3 is 2.35 bits per heavy atom. The molecule has 4 heteroatoms. The van der Waals surface area contributed by atoms with Crippen LogP contribution < -0.4 is 0 Å². The molecule has 0 amide bonds. The number of hydrogen-bond donors (Lipinski definition) is 0. The third kappa shape index (κ3) is 5.23. The van der Waals surface area contributed by atoms with Crippen molar-refractivity contribution >= 4 is 11.9 Å². The first kappa shape index (κ1) is 18.9. The number of methoxy groups -OCH3 is 1. The molecule has 0 saturated heterocycles. The molecule has 0 radical (unpaired) electrons. The average Bonchev–Trinajstić information content (AvgIpc) is 2.54. The van der Waals surface area contributed by atoms with Crippen LogP contribution >= 0.6 is 0 Å².